The summed E-state index contributed by atoms with van der Waals surface area (Å²) in [6.45, 7) is 6.01. The minimum absolute atomic E-state index is 0.0977. The van der Waals surface area contributed by atoms with Crippen LogP contribution in [0, 0.1) is 20.8 Å². The molecule has 0 spiro atoms. The molecule has 0 radical (unpaired) electrons. The lowest BCUT2D eigenvalue weighted by molar-refractivity contribution is 0.0599. The summed E-state index contributed by atoms with van der Waals surface area (Å²) < 4.78 is 9.95. The van der Waals surface area contributed by atoms with Gasteiger partial charge in [0.1, 0.15) is 17.1 Å². The van der Waals surface area contributed by atoms with Crippen LogP contribution in [-0.4, -0.2) is 40.6 Å². The lowest BCUT2D eigenvalue weighted by atomic mass is 10.1. The lowest BCUT2D eigenvalue weighted by Gasteiger charge is -2.22. The van der Waals surface area contributed by atoms with Crippen LogP contribution in [0.25, 0.3) is 0 Å². The number of nitrogens with zero attached hydrogens (tertiary/aromatic N) is 2. The molecule has 0 aliphatic carbocycles. The molecular formula is C17H21N3O4. The summed E-state index contributed by atoms with van der Waals surface area (Å²) in [6, 6.07) is 1.77. The van der Waals surface area contributed by atoms with E-state index in [2.05, 4.69) is 10.1 Å². The highest BCUT2D eigenvalue weighted by molar-refractivity contribution is 6.00. The van der Waals surface area contributed by atoms with E-state index in [0.29, 0.717) is 29.1 Å². The highest BCUT2D eigenvalue weighted by atomic mass is 16.5. The number of nitrogens with one attached hydrogen (secondary N) is 1. The Bertz CT molecular complexity index is 790. The number of hydrogen-bond donors (Lipinski definition) is 1. The third-order valence-electron chi connectivity index (χ3n) is 4.54. The van der Waals surface area contributed by atoms with Crippen LogP contribution in [0.1, 0.15) is 62.4 Å². The molecule has 0 aromatic carbocycles. The molecule has 0 saturated carbocycles. The number of carbonyl (C=O) groups excluding carboxylic acids is 2. The predicted molar refractivity (Wildman–Crippen MR) is 85.9 cm³/mol. The summed E-state index contributed by atoms with van der Waals surface area (Å²) in [7, 11) is 1.33. The number of hydrogen-bond acceptors (Lipinski definition) is 5. The fourth-order valence-corrected chi connectivity index (χ4v) is 3.38. The number of esters is 1. The Balaban J connectivity index is 1.93. The Hall–Kier alpha value is -2.57. The highest BCUT2D eigenvalue weighted by Crippen LogP contribution is 2.33. The number of aryl methyl sites for hydroxylation is 2. The molecule has 128 valence electrons. The van der Waals surface area contributed by atoms with Crippen LogP contribution in [0.15, 0.2) is 10.6 Å². The van der Waals surface area contributed by atoms with E-state index in [9.17, 15) is 9.59 Å². The van der Waals surface area contributed by atoms with Crippen LogP contribution in [0.2, 0.25) is 0 Å². The number of aromatic nitrogens is 2. The Morgan fingerprint density at radius 1 is 1.38 bits per heavy atom. The Morgan fingerprint density at radius 3 is 2.75 bits per heavy atom. The van der Waals surface area contributed by atoms with E-state index >= 15 is 0 Å². The smallest absolute Gasteiger partial charge is 0.339 e. The van der Waals surface area contributed by atoms with Crippen LogP contribution < -0.4 is 0 Å². The van der Waals surface area contributed by atoms with Gasteiger partial charge in [-0.3, -0.25) is 4.79 Å². The molecule has 0 unspecified atom stereocenters. The maximum absolute atomic E-state index is 13.0. The van der Waals surface area contributed by atoms with Crippen molar-refractivity contribution in [2.24, 2.45) is 0 Å². The first kappa shape index (κ1) is 16.3. The number of methoxy groups -OCH3 is 1. The van der Waals surface area contributed by atoms with Gasteiger partial charge in [-0.05, 0) is 39.2 Å². The predicted octanol–water partition coefficient (Wildman–Crippen LogP) is 2.69. The number of carbonyl (C=O) groups is 2. The van der Waals surface area contributed by atoms with Gasteiger partial charge in [0.25, 0.3) is 5.91 Å². The molecule has 7 nitrogen and oxygen atoms in total. The zero-order valence-electron chi connectivity index (χ0n) is 14.3. The average Bonchev–Trinajstić information content (AvgIpc) is 3.25. The molecule has 1 aliphatic rings. The average molecular weight is 331 g/mol. The first-order chi connectivity index (χ1) is 11.4. The summed E-state index contributed by atoms with van der Waals surface area (Å²) in [5.41, 5.74) is 2.88. The van der Waals surface area contributed by atoms with E-state index in [1.807, 2.05) is 13.0 Å². The number of ether oxygens (including phenoxy) is 1. The van der Waals surface area contributed by atoms with Crippen molar-refractivity contribution < 1.29 is 18.8 Å². The van der Waals surface area contributed by atoms with E-state index in [4.69, 9.17) is 9.26 Å². The topological polar surface area (TPSA) is 88.4 Å². The van der Waals surface area contributed by atoms with Gasteiger partial charge >= 0.3 is 5.97 Å². The number of amides is 1. The molecule has 1 amide bonds. The lowest BCUT2D eigenvalue weighted by Crippen LogP contribution is -2.31. The second-order valence-electron chi connectivity index (χ2n) is 6.14. The van der Waals surface area contributed by atoms with Crippen LogP contribution in [-0.2, 0) is 4.74 Å². The number of aromatic amines is 1. The fraction of sp³-hybridized carbons (Fsp3) is 0.471. The van der Waals surface area contributed by atoms with E-state index in [1.165, 1.54) is 7.11 Å². The van der Waals surface area contributed by atoms with Gasteiger partial charge in [-0.25, -0.2) is 4.79 Å². The molecule has 1 aliphatic heterocycles. The van der Waals surface area contributed by atoms with Crippen LogP contribution >= 0.6 is 0 Å². The number of rotatable bonds is 3. The molecule has 1 saturated heterocycles. The van der Waals surface area contributed by atoms with Crippen LogP contribution in [0.3, 0.4) is 0 Å². The third kappa shape index (κ3) is 2.60. The van der Waals surface area contributed by atoms with Crippen molar-refractivity contribution in [3.8, 4) is 0 Å². The first-order valence-corrected chi connectivity index (χ1v) is 7.95. The van der Waals surface area contributed by atoms with Gasteiger partial charge in [0.05, 0.1) is 18.7 Å². The van der Waals surface area contributed by atoms with Crippen LogP contribution in [0.5, 0.6) is 0 Å². The molecule has 7 heteroatoms. The molecule has 1 N–H and O–H groups in total. The molecular weight excluding hydrogens is 310 g/mol. The summed E-state index contributed by atoms with van der Waals surface area (Å²) in [5.74, 6) is 0.156. The standard InChI is InChI=1S/C17H21N3O4/c1-9-8-12(19-24-9)13-6-5-7-20(13)16(21)15-10(2)14(11(3)18-15)17(22)23-4/h8,13,18H,5-7H2,1-4H3/t13-/m1/s1. The van der Waals surface area contributed by atoms with Crippen molar-refractivity contribution in [1.82, 2.24) is 15.0 Å². The molecule has 2 aromatic rings. The number of likely N-dealkylation sites (tertiary alicyclic amines) is 1. The zero-order chi connectivity index (χ0) is 17.4. The summed E-state index contributed by atoms with van der Waals surface area (Å²) in [5, 5.41) is 4.06. The van der Waals surface area contributed by atoms with E-state index in [0.717, 1.165) is 24.3 Å². The fourth-order valence-electron chi connectivity index (χ4n) is 3.38. The summed E-state index contributed by atoms with van der Waals surface area (Å²) in [6.07, 6.45) is 1.76. The zero-order valence-corrected chi connectivity index (χ0v) is 14.3. The van der Waals surface area contributed by atoms with Crippen molar-refractivity contribution in [3.63, 3.8) is 0 Å². The third-order valence-corrected chi connectivity index (χ3v) is 4.54. The molecule has 3 rings (SSSR count). The van der Waals surface area contributed by atoms with Crippen molar-refractivity contribution in [1.29, 1.82) is 0 Å². The monoisotopic (exact) mass is 331 g/mol. The SMILES string of the molecule is COC(=O)c1c(C)[nH]c(C(=O)N2CCC[C@@H]2c2cc(C)on2)c1C. The Kier molecular flexibility index (Phi) is 4.17. The van der Waals surface area contributed by atoms with Gasteiger partial charge in [0.15, 0.2) is 0 Å². The minimum atomic E-state index is -0.439. The number of H-pyrrole nitrogens is 1. The van der Waals surface area contributed by atoms with Crippen molar-refractivity contribution in [3.05, 3.63) is 40.0 Å². The minimum Gasteiger partial charge on any atom is -0.465 e. The molecule has 24 heavy (non-hydrogen) atoms. The quantitative estimate of drug-likeness (QED) is 0.874. The summed E-state index contributed by atoms with van der Waals surface area (Å²) >= 11 is 0. The molecule has 2 aromatic heterocycles. The normalized spacial score (nSPS) is 17.3. The van der Waals surface area contributed by atoms with E-state index in [-0.39, 0.29) is 11.9 Å². The van der Waals surface area contributed by atoms with E-state index < -0.39 is 5.97 Å². The highest BCUT2D eigenvalue weighted by Gasteiger charge is 2.35. The van der Waals surface area contributed by atoms with Gasteiger partial charge in [-0.15, -0.1) is 0 Å². The Morgan fingerprint density at radius 2 is 2.12 bits per heavy atom. The molecule has 0 bridgehead atoms. The van der Waals surface area contributed by atoms with Crippen LogP contribution in [0.4, 0.5) is 0 Å². The van der Waals surface area contributed by atoms with Crippen molar-refractivity contribution in [2.45, 2.75) is 39.7 Å². The van der Waals surface area contributed by atoms with Crippen molar-refractivity contribution in [2.75, 3.05) is 13.7 Å². The van der Waals surface area contributed by atoms with Gasteiger partial charge in [-0.2, -0.15) is 0 Å². The first-order valence-electron chi connectivity index (χ1n) is 7.95. The van der Waals surface area contributed by atoms with Gasteiger partial charge < -0.3 is 19.1 Å². The molecule has 1 fully saturated rings. The Labute approximate surface area is 140 Å². The van der Waals surface area contributed by atoms with Crippen molar-refractivity contribution >= 4 is 11.9 Å². The molecule has 3 heterocycles. The summed E-state index contributed by atoms with van der Waals surface area (Å²) in [4.78, 5) is 29.8. The van der Waals surface area contributed by atoms with Gasteiger partial charge in [-0.1, -0.05) is 5.16 Å². The van der Waals surface area contributed by atoms with E-state index in [1.54, 1.807) is 18.7 Å². The largest absolute Gasteiger partial charge is 0.465 e. The van der Waals surface area contributed by atoms with Gasteiger partial charge in [0, 0.05) is 18.3 Å². The maximum atomic E-state index is 13.0. The van der Waals surface area contributed by atoms with Gasteiger partial charge in [0.2, 0.25) is 0 Å². The molecule has 1 atom stereocenters. The maximum Gasteiger partial charge on any atom is 0.339 e. The second kappa shape index (κ2) is 6.14. The second-order valence-corrected chi connectivity index (χ2v) is 6.14.